The average Bonchev–Trinajstić information content (AvgIpc) is 3.04. The molecule has 0 radical (unpaired) electrons. The number of carbonyl (C=O) groups is 1. The topological polar surface area (TPSA) is 66.9 Å². The van der Waals surface area contributed by atoms with Crippen molar-refractivity contribution in [3.8, 4) is 0 Å². The smallest absolute Gasteiger partial charge is 0.237 e. The number of anilines is 3. The summed E-state index contributed by atoms with van der Waals surface area (Å²) in [6, 6.07) is 12.0. The van der Waals surface area contributed by atoms with Crippen molar-refractivity contribution >= 4 is 45.5 Å². The molecule has 0 spiro atoms. The molecule has 1 atom stereocenters. The summed E-state index contributed by atoms with van der Waals surface area (Å²) in [6.07, 6.45) is 0. The number of aryl methyl sites for hydroxylation is 2. The minimum atomic E-state index is -0.333. The summed E-state index contributed by atoms with van der Waals surface area (Å²) in [5.74, 6) is -0.419. The Hall–Kier alpha value is -2.45. The highest BCUT2D eigenvalue weighted by atomic mass is 32.2. The first kappa shape index (κ1) is 19.3. The highest BCUT2D eigenvalue weighted by molar-refractivity contribution is 8.02. The minimum Gasteiger partial charge on any atom is -0.330 e. The Morgan fingerprint density at radius 3 is 2.74 bits per heavy atom. The summed E-state index contributed by atoms with van der Waals surface area (Å²) in [5, 5.41) is 14.3. The van der Waals surface area contributed by atoms with Gasteiger partial charge in [0.25, 0.3) is 0 Å². The molecule has 5 nitrogen and oxygen atoms in total. The quantitative estimate of drug-likeness (QED) is 0.558. The molecule has 0 aliphatic carbocycles. The van der Waals surface area contributed by atoms with Gasteiger partial charge in [0.15, 0.2) is 4.34 Å². The molecule has 0 aliphatic rings. The van der Waals surface area contributed by atoms with Crippen LogP contribution in [0.4, 0.5) is 20.9 Å². The molecular formula is C19H19FN4OS2. The van der Waals surface area contributed by atoms with E-state index in [1.54, 1.807) is 12.1 Å². The molecule has 1 aromatic heterocycles. The van der Waals surface area contributed by atoms with E-state index in [9.17, 15) is 9.18 Å². The molecule has 0 unspecified atom stereocenters. The Kier molecular flexibility index (Phi) is 6.08. The van der Waals surface area contributed by atoms with Crippen LogP contribution in [-0.2, 0) is 4.79 Å². The second kappa shape index (κ2) is 8.49. The summed E-state index contributed by atoms with van der Waals surface area (Å²) < 4.78 is 13.9. The molecule has 0 saturated heterocycles. The zero-order valence-electron chi connectivity index (χ0n) is 15.1. The van der Waals surface area contributed by atoms with Gasteiger partial charge in [0, 0.05) is 11.4 Å². The standard InChI is InChI=1S/C19H19FN4OS2/c1-11-7-8-16(12(2)9-11)22-17(25)13(3)26-19-24-23-18(27-19)21-15-6-4-5-14(20)10-15/h4-10,13H,1-3H3,(H,21,23)(H,22,25)/t13-/m0/s1. The molecule has 3 rings (SSSR count). The normalized spacial score (nSPS) is 11.9. The molecule has 0 bridgehead atoms. The van der Waals surface area contributed by atoms with Gasteiger partial charge in [0.1, 0.15) is 5.82 Å². The summed E-state index contributed by atoms with van der Waals surface area (Å²) >= 11 is 2.65. The molecule has 0 aliphatic heterocycles. The summed E-state index contributed by atoms with van der Waals surface area (Å²) in [6.45, 7) is 5.81. The van der Waals surface area contributed by atoms with E-state index in [4.69, 9.17) is 0 Å². The van der Waals surface area contributed by atoms with Gasteiger partial charge in [-0.25, -0.2) is 4.39 Å². The predicted octanol–water partition coefficient (Wildman–Crippen LogP) is 5.16. The molecule has 1 heterocycles. The minimum absolute atomic E-state index is 0.0956. The van der Waals surface area contributed by atoms with Crippen molar-refractivity contribution < 1.29 is 9.18 Å². The van der Waals surface area contributed by atoms with Gasteiger partial charge in [-0.3, -0.25) is 4.79 Å². The van der Waals surface area contributed by atoms with E-state index in [1.165, 1.54) is 35.2 Å². The molecule has 8 heteroatoms. The summed E-state index contributed by atoms with van der Waals surface area (Å²) in [4.78, 5) is 12.5. The van der Waals surface area contributed by atoms with Crippen LogP contribution < -0.4 is 10.6 Å². The number of halogens is 1. The second-order valence-electron chi connectivity index (χ2n) is 6.08. The van der Waals surface area contributed by atoms with Crippen LogP contribution in [0.25, 0.3) is 0 Å². The number of benzene rings is 2. The number of hydrogen-bond acceptors (Lipinski definition) is 6. The molecule has 0 fully saturated rings. The first-order valence-electron chi connectivity index (χ1n) is 8.31. The maximum Gasteiger partial charge on any atom is 0.237 e. The Bertz CT molecular complexity index is 960. The molecule has 1 amide bonds. The van der Waals surface area contributed by atoms with E-state index in [0.29, 0.717) is 15.2 Å². The zero-order chi connectivity index (χ0) is 19.4. The fraction of sp³-hybridized carbons (Fsp3) is 0.211. The Balaban J connectivity index is 1.59. The fourth-order valence-corrected chi connectivity index (χ4v) is 4.31. The lowest BCUT2D eigenvalue weighted by molar-refractivity contribution is -0.115. The number of hydrogen-bond donors (Lipinski definition) is 2. The molecule has 27 heavy (non-hydrogen) atoms. The van der Waals surface area contributed by atoms with E-state index in [1.807, 2.05) is 39.0 Å². The van der Waals surface area contributed by atoms with Gasteiger partial charge < -0.3 is 10.6 Å². The van der Waals surface area contributed by atoms with Gasteiger partial charge in [-0.05, 0) is 50.6 Å². The van der Waals surface area contributed by atoms with E-state index < -0.39 is 0 Å². The van der Waals surface area contributed by atoms with Crippen LogP contribution in [0.15, 0.2) is 46.8 Å². The van der Waals surface area contributed by atoms with Crippen LogP contribution in [0.2, 0.25) is 0 Å². The summed E-state index contributed by atoms with van der Waals surface area (Å²) in [5.41, 5.74) is 3.59. The number of nitrogens with one attached hydrogen (secondary N) is 2. The van der Waals surface area contributed by atoms with Crippen LogP contribution in [0, 0.1) is 19.7 Å². The number of aromatic nitrogens is 2. The third-order valence-electron chi connectivity index (χ3n) is 3.77. The number of amides is 1. The lowest BCUT2D eigenvalue weighted by Crippen LogP contribution is -2.22. The molecule has 2 aromatic carbocycles. The predicted molar refractivity (Wildman–Crippen MR) is 109 cm³/mol. The van der Waals surface area contributed by atoms with Gasteiger partial charge >= 0.3 is 0 Å². The van der Waals surface area contributed by atoms with Gasteiger partial charge in [-0.15, -0.1) is 10.2 Å². The van der Waals surface area contributed by atoms with Gasteiger partial charge in [0.2, 0.25) is 11.0 Å². The van der Waals surface area contributed by atoms with Crippen LogP contribution in [-0.4, -0.2) is 21.4 Å². The number of rotatable bonds is 6. The van der Waals surface area contributed by atoms with Gasteiger partial charge in [-0.1, -0.05) is 46.9 Å². The number of thioether (sulfide) groups is 1. The molecule has 140 valence electrons. The lowest BCUT2D eigenvalue weighted by Gasteiger charge is -2.12. The highest BCUT2D eigenvalue weighted by Gasteiger charge is 2.18. The number of nitrogens with zero attached hydrogens (tertiary/aromatic N) is 2. The van der Waals surface area contributed by atoms with E-state index in [0.717, 1.165) is 16.8 Å². The molecular weight excluding hydrogens is 383 g/mol. The largest absolute Gasteiger partial charge is 0.330 e. The third kappa shape index (κ3) is 5.27. The second-order valence-corrected chi connectivity index (χ2v) is 8.64. The highest BCUT2D eigenvalue weighted by Crippen LogP contribution is 2.31. The van der Waals surface area contributed by atoms with Crippen molar-refractivity contribution in [1.82, 2.24) is 10.2 Å². The Labute approximate surface area is 165 Å². The first-order valence-corrected chi connectivity index (χ1v) is 10.0. The van der Waals surface area contributed by atoms with Crippen molar-refractivity contribution in [2.45, 2.75) is 30.4 Å². The van der Waals surface area contributed by atoms with Crippen molar-refractivity contribution in [2.24, 2.45) is 0 Å². The zero-order valence-corrected chi connectivity index (χ0v) is 16.7. The van der Waals surface area contributed by atoms with Crippen LogP contribution in [0.3, 0.4) is 0 Å². The number of carbonyl (C=O) groups excluding carboxylic acids is 1. The van der Waals surface area contributed by atoms with Crippen molar-refractivity contribution in [1.29, 1.82) is 0 Å². The Morgan fingerprint density at radius 2 is 2.00 bits per heavy atom. The van der Waals surface area contributed by atoms with Crippen LogP contribution in [0.1, 0.15) is 18.1 Å². The maximum atomic E-state index is 13.2. The lowest BCUT2D eigenvalue weighted by atomic mass is 10.1. The van der Waals surface area contributed by atoms with Crippen LogP contribution in [0.5, 0.6) is 0 Å². The maximum absolute atomic E-state index is 13.2. The van der Waals surface area contributed by atoms with Crippen molar-refractivity contribution in [3.63, 3.8) is 0 Å². The third-order valence-corrected chi connectivity index (χ3v) is 5.79. The SMILES string of the molecule is Cc1ccc(NC(=O)[C@H](C)Sc2nnc(Nc3cccc(F)c3)s2)c(C)c1. The average molecular weight is 403 g/mol. The summed E-state index contributed by atoms with van der Waals surface area (Å²) in [7, 11) is 0. The molecule has 2 N–H and O–H groups in total. The van der Waals surface area contributed by atoms with Crippen LogP contribution >= 0.6 is 23.1 Å². The first-order chi connectivity index (χ1) is 12.9. The van der Waals surface area contributed by atoms with E-state index in [-0.39, 0.29) is 17.0 Å². The Morgan fingerprint density at radius 1 is 1.19 bits per heavy atom. The van der Waals surface area contributed by atoms with E-state index in [2.05, 4.69) is 20.8 Å². The molecule has 0 saturated carbocycles. The van der Waals surface area contributed by atoms with Crippen molar-refractivity contribution in [2.75, 3.05) is 10.6 Å². The van der Waals surface area contributed by atoms with Crippen molar-refractivity contribution in [3.05, 3.63) is 59.4 Å². The van der Waals surface area contributed by atoms with Gasteiger partial charge in [-0.2, -0.15) is 0 Å². The molecule has 3 aromatic rings. The van der Waals surface area contributed by atoms with Gasteiger partial charge in [0.05, 0.1) is 5.25 Å². The van der Waals surface area contributed by atoms with E-state index >= 15 is 0 Å². The fourth-order valence-electron chi connectivity index (χ4n) is 2.39. The monoisotopic (exact) mass is 402 g/mol.